The second-order valence-electron chi connectivity index (χ2n) is 12.1. The lowest BCUT2D eigenvalue weighted by Crippen LogP contribution is -2.64. The number of amides is 5. The molecule has 2 saturated heterocycles. The molecule has 4 N–H and O–H groups in total. The number of hydrazine groups is 1. The minimum absolute atomic E-state index is 0.0240. The number of fused-ring (bicyclic) bond motifs is 1. The fraction of sp³-hybridized carbons (Fsp3) is 0.667. The zero-order chi connectivity index (χ0) is 28.1. The van der Waals surface area contributed by atoms with Crippen molar-refractivity contribution in [2.75, 3.05) is 19.6 Å². The van der Waals surface area contributed by atoms with Crippen LogP contribution < -0.4 is 21.5 Å². The zero-order valence-electron chi connectivity index (χ0n) is 23.6. The first-order valence-electron chi connectivity index (χ1n) is 15.1. The van der Waals surface area contributed by atoms with Gasteiger partial charge >= 0.3 is 6.03 Å². The molecule has 0 aromatic heterocycles. The molecule has 40 heavy (non-hydrogen) atoms. The molecule has 4 unspecified atom stereocenters. The number of nitrogens with one attached hydrogen (secondary N) is 4. The van der Waals surface area contributed by atoms with Gasteiger partial charge in [0.25, 0.3) is 0 Å². The van der Waals surface area contributed by atoms with Crippen LogP contribution in [0.25, 0.3) is 0 Å². The third-order valence-corrected chi connectivity index (χ3v) is 9.15. The fourth-order valence-electron chi connectivity index (χ4n) is 6.91. The van der Waals surface area contributed by atoms with Crippen molar-refractivity contribution >= 4 is 23.8 Å². The molecule has 4 atom stereocenters. The van der Waals surface area contributed by atoms with Gasteiger partial charge in [-0.1, -0.05) is 43.2 Å². The van der Waals surface area contributed by atoms with Gasteiger partial charge in [-0.05, 0) is 69.8 Å². The van der Waals surface area contributed by atoms with Crippen LogP contribution in [0.4, 0.5) is 4.79 Å². The van der Waals surface area contributed by atoms with Crippen molar-refractivity contribution in [3.05, 3.63) is 35.9 Å². The van der Waals surface area contributed by atoms with E-state index in [9.17, 15) is 19.2 Å². The normalized spacial score (nSPS) is 30.6. The summed E-state index contributed by atoms with van der Waals surface area (Å²) < 4.78 is 0. The van der Waals surface area contributed by atoms with Gasteiger partial charge in [-0.2, -0.15) is 0 Å². The number of carbonyl (C=O) groups is 4. The Morgan fingerprint density at radius 1 is 0.975 bits per heavy atom. The largest absolute Gasteiger partial charge is 0.356 e. The van der Waals surface area contributed by atoms with Gasteiger partial charge in [0, 0.05) is 31.1 Å². The second-order valence-corrected chi connectivity index (χ2v) is 12.1. The van der Waals surface area contributed by atoms with Crippen LogP contribution in [-0.4, -0.2) is 71.4 Å². The molecule has 1 aromatic rings. The number of nitrogens with zero attached hydrogens (tertiary/aromatic N) is 2. The van der Waals surface area contributed by atoms with Crippen molar-refractivity contribution in [3.63, 3.8) is 0 Å². The number of urea groups is 1. The molecule has 0 radical (unpaired) electrons. The molecule has 5 amide bonds. The quantitative estimate of drug-likeness (QED) is 0.373. The van der Waals surface area contributed by atoms with Gasteiger partial charge in [0.1, 0.15) is 6.54 Å². The topological polar surface area (TPSA) is 123 Å². The van der Waals surface area contributed by atoms with E-state index in [4.69, 9.17) is 0 Å². The van der Waals surface area contributed by atoms with Crippen molar-refractivity contribution in [1.29, 1.82) is 0 Å². The van der Waals surface area contributed by atoms with Gasteiger partial charge in [0.15, 0.2) is 0 Å². The first-order valence-corrected chi connectivity index (χ1v) is 15.1. The molecule has 5 rings (SSSR count). The van der Waals surface area contributed by atoms with Crippen LogP contribution in [0.2, 0.25) is 0 Å². The number of benzene rings is 1. The smallest absolute Gasteiger partial charge is 0.327 e. The molecule has 2 saturated carbocycles. The van der Waals surface area contributed by atoms with Crippen molar-refractivity contribution in [1.82, 2.24) is 31.3 Å². The number of carbonyl (C=O) groups excluding carboxylic acids is 4. The number of rotatable bonds is 9. The summed E-state index contributed by atoms with van der Waals surface area (Å²) in [6.45, 7) is 2.99. The Morgan fingerprint density at radius 3 is 2.45 bits per heavy atom. The summed E-state index contributed by atoms with van der Waals surface area (Å²) in [7, 11) is 0. The van der Waals surface area contributed by atoms with Crippen LogP contribution in [0.1, 0.15) is 70.3 Å². The zero-order valence-corrected chi connectivity index (χ0v) is 23.6. The molecule has 0 bridgehead atoms. The summed E-state index contributed by atoms with van der Waals surface area (Å²) in [5, 5.41) is 6.06. The standard InChI is InChI=1S/C30H44N6O4/c1-20-17-26(34-33-20)32-27(37)19-35-25-10-6-5-9-24(25)29(39)36(30(35)40)18-22-11-13-23(14-12-22)28(38)31-16-15-21-7-3-2-4-8-21/h2-4,7-8,20,22-26,33-34H,5-6,9-19H2,1H3,(H,31,38)(H,32,37). The van der Waals surface area contributed by atoms with Crippen LogP contribution in [0.3, 0.4) is 0 Å². The monoisotopic (exact) mass is 552 g/mol. The van der Waals surface area contributed by atoms with E-state index in [0.717, 1.165) is 64.2 Å². The third-order valence-electron chi connectivity index (χ3n) is 9.15. The fourth-order valence-corrected chi connectivity index (χ4v) is 6.91. The Bertz CT molecular complexity index is 1060. The first-order chi connectivity index (χ1) is 19.4. The van der Waals surface area contributed by atoms with E-state index in [2.05, 4.69) is 33.6 Å². The molecular weight excluding hydrogens is 508 g/mol. The minimum Gasteiger partial charge on any atom is -0.356 e. The van der Waals surface area contributed by atoms with Crippen LogP contribution >= 0.6 is 0 Å². The Balaban J connectivity index is 1.13. The van der Waals surface area contributed by atoms with E-state index < -0.39 is 0 Å². The second kappa shape index (κ2) is 13.1. The maximum Gasteiger partial charge on any atom is 0.327 e. The molecule has 4 fully saturated rings. The van der Waals surface area contributed by atoms with E-state index >= 15 is 0 Å². The predicted molar refractivity (Wildman–Crippen MR) is 150 cm³/mol. The molecule has 10 heteroatoms. The van der Waals surface area contributed by atoms with Crippen molar-refractivity contribution in [2.24, 2.45) is 17.8 Å². The minimum atomic E-state index is -0.338. The first kappa shape index (κ1) is 28.5. The Labute approximate surface area is 237 Å². The van der Waals surface area contributed by atoms with Gasteiger partial charge < -0.3 is 15.5 Å². The molecular formula is C30H44N6O4. The van der Waals surface area contributed by atoms with E-state index in [1.807, 2.05) is 25.1 Å². The van der Waals surface area contributed by atoms with E-state index in [0.29, 0.717) is 13.1 Å². The lowest BCUT2D eigenvalue weighted by Gasteiger charge is -2.47. The summed E-state index contributed by atoms with van der Waals surface area (Å²) in [5.41, 5.74) is 7.36. The van der Waals surface area contributed by atoms with E-state index in [-0.39, 0.29) is 66.3 Å². The Kier molecular flexibility index (Phi) is 9.36. The van der Waals surface area contributed by atoms with E-state index in [1.165, 1.54) is 10.5 Å². The van der Waals surface area contributed by atoms with Crippen LogP contribution in [0.15, 0.2) is 30.3 Å². The molecule has 1 aromatic carbocycles. The predicted octanol–water partition coefficient (Wildman–Crippen LogP) is 2.30. The molecule has 2 aliphatic heterocycles. The third kappa shape index (κ3) is 6.83. The van der Waals surface area contributed by atoms with E-state index in [1.54, 1.807) is 4.90 Å². The highest BCUT2D eigenvalue weighted by molar-refractivity contribution is 6.00. The number of hydrogen-bond acceptors (Lipinski definition) is 6. The van der Waals surface area contributed by atoms with Gasteiger partial charge in [0.2, 0.25) is 17.7 Å². The van der Waals surface area contributed by atoms with Crippen molar-refractivity contribution in [2.45, 2.75) is 89.4 Å². The highest BCUT2D eigenvalue weighted by atomic mass is 16.2. The maximum absolute atomic E-state index is 13.7. The van der Waals surface area contributed by atoms with Crippen molar-refractivity contribution < 1.29 is 19.2 Å². The molecule has 4 aliphatic rings. The summed E-state index contributed by atoms with van der Waals surface area (Å²) in [4.78, 5) is 55.9. The summed E-state index contributed by atoms with van der Waals surface area (Å²) in [6.07, 6.45) is 7.98. The molecule has 2 aliphatic carbocycles. The molecule has 218 valence electrons. The lowest BCUT2D eigenvalue weighted by atomic mass is 9.79. The Morgan fingerprint density at radius 2 is 1.73 bits per heavy atom. The SMILES string of the molecule is CC1CC(NC(=O)CN2C(=O)N(CC3CCC(C(=O)NCCc4ccccc4)CC3)C(=O)C3CCCCC32)NN1. The summed E-state index contributed by atoms with van der Waals surface area (Å²) >= 11 is 0. The number of imide groups is 1. The summed E-state index contributed by atoms with van der Waals surface area (Å²) in [5.74, 6) is -0.279. The Hall–Kier alpha value is -2.98. The van der Waals surface area contributed by atoms with Gasteiger partial charge in [0.05, 0.1) is 12.1 Å². The summed E-state index contributed by atoms with van der Waals surface area (Å²) in [6, 6.07) is 9.83. The molecule has 0 spiro atoms. The molecule has 2 heterocycles. The molecule has 10 nitrogen and oxygen atoms in total. The van der Waals surface area contributed by atoms with Crippen molar-refractivity contribution in [3.8, 4) is 0 Å². The van der Waals surface area contributed by atoms with Gasteiger partial charge in [-0.15, -0.1) is 0 Å². The number of hydrogen-bond donors (Lipinski definition) is 4. The van der Waals surface area contributed by atoms with Gasteiger partial charge in [-0.3, -0.25) is 24.7 Å². The highest BCUT2D eigenvalue weighted by Gasteiger charge is 2.48. The average molecular weight is 553 g/mol. The van der Waals surface area contributed by atoms with Crippen LogP contribution in [0.5, 0.6) is 0 Å². The van der Waals surface area contributed by atoms with Crippen LogP contribution in [0, 0.1) is 17.8 Å². The highest BCUT2D eigenvalue weighted by Crippen LogP contribution is 2.36. The lowest BCUT2D eigenvalue weighted by molar-refractivity contribution is -0.143. The van der Waals surface area contributed by atoms with Gasteiger partial charge in [-0.25, -0.2) is 10.2 Å². The van der Waals surface area contributed by atoms with Crippen LogP contribution in [-0.2, 0) is 20.8 Å². The maximum atomic E-state index is 13.7. The average Bonchev–Trinajstić information content (AvgIpc) is 3.38.